The van der Waals surface area contributed by atoms with Crippen molar-refractivity contribution in [3.8, 4) is 11.5 Å². The van der Waals surface area contributed by atoms with Crippen LogP contribution in [0.1, 0.15) is 12.5 Å². The zero-order valence-corrected chi connectivity index (χ0v) is 9.58. The van der Waals surface area contributed by atoms with Crippen molar-refractivity contribution in [1.29, 1.82) is 0 Å². The molecule has 1 atom stereocenters. The van der Waals surface area contributed by atoms with Crippen molar-refractivity contribution >= 4 is 22.6 Å². The van der Waals surface area contributed by atoms with Crippen LogP contribution in [-0.2, 0) is 6.42 Å². The molecule has 3 heteroatoms. The molecule has 0 radical (unpaired) electrons. The lowest BCUT2D eigenvalue weighted by Gasteiger charge is -2.04. The number of benzene rings is 1. The van der Waals surface area contributed by atoms with E-state index in [1.165, 1.54) is 5.56 Å². The maximum atomic E-state index is 5.30. The van der Waals surface area contributed by atoms with Crippen LogP contribution in [0.15, 0.2) is 18.2 Å². The Bertz CT molecular complexity index is 310. The Morgan fingerprint density at radius 1 is 1.38 bits per heavy atom. The lowest BCUT2D eigenvalue weighted by molar-refractivity contribution is 0.174. The van der Waals surface area contributed by atoms with Gasteiger partial charge in [0, 0.05) is 3.92 Å². The fraction of sp³-hybridized carbons (Fsp3) is 0.400. The largest absolute Gasteiger partial charge is 0.454 e. The van der Waals surface area contributed by atoms with Gasteiger partial charge in [0.05, 0.1) is 0 Å². The summed E-state index contributed by atoms with van der Waals surface area (Å²) in [5.74, 6) is 1.75. The average Bonchev–Trinajstić information content (AvgIpc) is 2.49. The van der Waals surface area contributed by atoms with Gasteiger partial charge in [0.15, 0.2) is 11.5 Å². The van der Waals surface area contributed by atoms with Gasteiger partial charge < -0.3 is 9.47 Å². The van der Waals surface area contributed by atoms with E-state index in [0.717, 1.165) is 17.9 Å². The molecule has 1 aliphatic rings. The summed E-state index contributed by atoms with van der Waals surface area (Å²) in [4.78, 5) is 0. The van der Waals surface area contributed by atoms with Gasteiger partial charge in [-0.15, -0.1) is 0 Å². The van der Waals surface area contributed by atoms with Crippen LogP contribution in [0, 0.1) is 0 Å². The Morgan fingerprint density at radius 3 is 2.92 bits per heavy atom. The standard InChI is InChI=1S/C10H11IO2/c1-7(11)4-8-2-3-9-10(5-8)13-6-12-9/h2-3,5,7H,4,6H2,1H3/t7-/m1/s1. The van der Waals surface area contributed by atoms with E-state index in [4.69, 9.17) is 9.47 Å². The van der Waals surface area contributed by atoms with E-state index in [9.17, 15) is 0 Å². The van der Waals surface area contributed by atoms with E-state index >= 15 is 0 Å². The summed E-state index contributed by atoms with van der Waals surface area (Å²) in [5, 5.41) is 0. The number of halogens is 1. The molecule has 0 N–H and O–H groups in total. The number of alkyl halides is 1. The number of hydrogen-bond acceptors (Lipinski definition) is 2. The SMILES string of the molecule is C[C@@H](I)Cc1ccc2c(c1)OCO2. The van der Waals surface area contributed by atoms with Gasteiger partial charge in [0.25, 0.3) is 0 Å². The fourth-order valence-corrected chi connectivity index (χ4v) is 1.90. The molecule has 2 rings (SSSR count). The molecular weight excluding hydrogens is 279 g/mol. The third-order valence-electron chi connectivity index (χ3n) is 1.95. The van der Waals surface area contributed by atoms with Gasteiger partial charge in [-0.1, -0.05) is 35.6 Å². The summed E-state index contributed by atoms with van der Waals surface area (Å²) in [7, 11) is 0. The summed E-state index contributed by atoms with van der Waals surface area (Å²) < 4.78 is 11.2. The first-order chi connectivity index (χ1) is 6.25. The molecule has 0 spiro atoms. The minimum Gasteiger partial charge on any atom is -0.454 e. The highest BCUT2D eigenvalue weighted by molar-refractivity contribution is 14.1. The highest BCUT2D eigenvalue weighted by Crippen LogP contribution is 2.33. The van der Waals surface area contributed by atoms with Gasteiger partial charge >= 0.3 is 0 Å². The molecular formula is C10H11IO2. The van der Waals surface area contributed by atoms with Crippen LogP contribution in [0.2, 0.25) is 0 Å². The van der Waals surface area contributed by atoms with E-state index in [1.807, 2.05) is 6.07 Å². The zero-order chi connectivity index (χ0) is 9.26. The molecule has 1 aromatic carbocycles. The van der Waals surface area contributed by atoms with Gasteiger partial charge in [0.1, 0.15) is 0 Å². The van der Waals surface area contributed by atoms with Gasteiger partial charge in [-0.3, -0.25) is 0 Å². The molecule has 1 aliphatic heterocycles. The van der Waals surface area contributed by atoms with Crippen LogP contribution in [0.3, 0.4) is 0 Å². The zero-order valence-electron chi connectivity index (χ0n) is 7.42. The Balaban J connectivity index is 2.21. The number of fused-ring (bicyclic) bond motifs is 1. The second-order valence-electron chi connectivity index (χ2n) is 3.17. The summed E-state index contributed by atoms with van der Waals surface area (Å²) >= 11 is 2.42. The molecule has 0 aliphatic carbocycles. The molecule has 0 saturated heterocycles. The lowest BCUT2D eigenvalue weighted by Crippen LogP contribution is -1.95. The maximum Gasteiger partial charge on any atom is 0.231 e. The lowest BCUT2D eigenvalue weighted by atomic mass is 10.1. The Hall–Kier alpha value is -0.450. The normalized spacial score (nSPS) is 15.8. The molecule has 0 amide bonds. The second kappa shape index (κ2) is 3.74. The summed E-state index contributed by atoms with van der Waals surface area (Å²) in [5.41, 5.74) is 1.31. The van der Waals surface area contributed by atoms with Crippen LogP contribution in [0.4, 0.5) is 0 Å². The van der Waals surface area contributed by atoms with Gasteiger partial charge in [0.2, 0.25) is 6.79 Å². The fourth-order valence-electron chi connectivity index (χ4n) is 1.39. The Morgan fingerprint density at radius 2 is 2.15 bits per heavy atom. The molecule has 0 bridgehead atoms. The van der Waals surface area contributed by atoms with Gasteiger partial charge in [-0.05, 0) is 24.1 Å². The van der Waals surface area contributed by atoms with Crippen molar-refractivity contribution in [3.05, 3.63) is 23.8 Å². The molecule has 2 nitrogen and oxygen atoms in total. The molecule has 0 saturated carbocycles. The van der Waals surface area contributed by atoms with Crippen molar-refractivity contribution in [2.45, 2.75) is 17.3 Å². The van der Waals surface area contributed by atoms with Crippen molar-refractivity contribution in [2.75, 3.05) is 6.79 Å². The summed E-state index contributed by atoms with van der Waals surface area (Å²) in [6.07, 6.45) is 1.08. The van der Waals surface area contributed by atoms with Crippen LogP contribution in [0.5, 0.6) is 11.5 Å². The van der Waals surface area contributed by atoms with E-state index in [0.29, 0.717) is 10.7 Å². The van der Waals surface area contributed by atoms with E-state index in [2.05, 4.69) is 41.6 Å². The van der Waals surface area contributed by atoms with Gasteiger partial charge in [-0.2, -0.15) is 0 Å². The van der Waals surface area contributed by atoms with Crippen LogP contribution in [0.25, 0.3) is 0 Å². The molecule has 1 heterocycles. The third kappa shape index (κ3) is 2.07. The van der Waals surface area contributed by atoms with Crippen molar-refractivity contribution in [1.82, 2.24) is 0 Å². The van der Waals surface area contributed by atoms with Crippen molar-refractivity contribution in [2.24, 2.45) is 0 Å². The topological polar surface area (TPSA) is 18.5 Å². The third-order valence-corrected chi connectivity index (χ3v) is 2.39. The first-order valence-corrected chi connectivity index (χ1v) is 5.53. The molecule has 1 aromatic rings. The van der Waals surface area contributed by atoms with Crippen molar-refractivity contribution < 1.29 is 9.47 Å². The first kappa shape index (κ1) is 9.12. The highest BCUT2D eigenvalue weighted by atomic mass is 127. The minimum absolute atomic E-state index is 0.360. The summed E-state index contributed by atoms with van der Waals surface area (Å²) in [6, 6.07) is 6.15. The molecule has 70 valence electrons. The highest BCUT2D eigenvalue weighted by Gasteiger charge is 2.13. The van der Waals surface area contributed by atoms with Crippen molar-refractivity contribution in [3.63, 3.8) is 0 Å². The quantitative estimate of drug-likeness (QED) is 0.616. The number of hydrogen-bond donors (Lipinski definition) is 0. The van der Waals surface area contributed by atoms with Gasteiger partial charge in [-0.25, -0.2) is 0 Å². The Labute approximate surface area is 91.4 Å². The maximum absolute atomic E-state index is 5.30. The first-order valence-electron chi connectivity index (χ1n) is 4.28. The number of rotatable bonds is 2. The predicted molar refractivity (Wildman–Crippen MR) is 59.8 cm³/mol. The minimum atomic E-state index is 0.360. The van der Waals surface area contributed by atoms with Crippen LogP contribution < -0.4 is 9.47 Å². The summed E-state index contributed by atoms with van der Waals surface area (Å²) in [6.45, 7) is 2.56. The smallest absolute Gasteiger partial charge is 0.231 e. The molecule has 0 unspecified atom stereocenters. The van der Waals surface area contributed by atoms with E-state index < -0.39 is 0 Å². The average molecular weight is 290 g/mol. The van der Waals surface area contributed by atoms with Crippen LogP contribution >= 0.6 is 22.6 Å². The molecule has 13 heavy (non-hydrogen) atoms. The Kier molecular flexibility index (Phi) is 2.62. The molecule has 0 fully saturated rings. The predicted octanol–water partition coefficient (Wildman–Crippen LogP) is 2.78. The van der Waals surface area contributed by atoms with E-state index in [-0.39, 0.29) is 0 Å². The van der Waals surface area contributed by atoms with E-state index in [1.54, 1.807) is 0 Å². The second-order valence-corrected chi connectivity index (χ2v) is 5.30. The number of ether oxygens (including phenoxy) is 2. The monoisotopic (exact) mass is 290 g/mol. The van der Waals surface area contributed by atoms with Crippen LogP contribution in [-0.4, -0.2) is 10.7 Å². The molecule has 0 aromatic heterocycles.